The highest BCUT2D eigenvalue weighted by molar-refractivity contribution is 9.10. The fourth-order valence-electron chi connectivity index (χ4n) is 7.10. The number of carbonyl (C=O) groups excluding carboxylic acids is 2. The molecule has 7 rings (SSSR count). The van der Waals surface area contributed by atoms with Gasteiger partial charge in [0.2, 0.25) is 0 Å². The van der Waals surface area contributed by atoms with Gasteiger partial charge in [-0.05, 0) is 101 Å². The first-order valence-electron chi connectivity index (χ1n) is 15.2. The number of benzene rings is 2. The Morgan fingerprint density at radius 1 is 1.09 bits per heavy atom. The zero-order valence-electron chi connectivity index (χ0n) is 25.3. The van der Waals surface area contributed by atoms with Crippen LogP contribution in [-0.4, -0.2) is 52.8 Å². The zero-order valence-corrected chi connectivity index (χ0v) is 27.7. The summed E-state index contributed by atoms with van der Waals surface area (Å²) < 4.78 is 16.0. The summed E-state index contributed by atoms with van der Waals surface area (Å²) in [6, 6.07) is 12.6. The molecule has 2 aromatic heterocycles. The van der Waals surface area contributed by atoms with Crippen LogP contribution in [0.25, 0.3) is 31.6 Å². The summed E-state index contributed by atoms with van der Waals surface area (Å²) in [7, 11) is 1.68. The Balaban J connectivity index is 1.23. The van der Waals surface area contributed by atoms with Crippen LogP contribution in [0.5, 0.6) is 5.75 Å². The Morgan fingerprint density at radius 3 is 2.60 bits per heavy atom. The van der Waals surface area contributed by atoms with E-state index in [0.29, 0.717) is 12.1 Å². The quantitative estimate of drug-likeness (QED) is 0.226. The van der Waals surface area contributed by atoms with Gasteiger partial charge >= 0.3 is 6.09 Å². The average molecular weight is 665 g/mol. The summed E-state index contributed by atoms with van der Waals surface area (Å²) >= 11 is 5.41. The number of rotatable bonds is 6. The third-order valence-electron chi connectivity index (χ3n) is 9.23. The highest BCUT2D eigenvalue weighted by atomic mass is 79.9. The molecule has 3 aliphatic rings. The number of piperidine rings is 1. The molecular weight excluding hydrogens is 626 g/mol. The summed E-state index contributed by atoms with van der Waals surface area (Å²) in [6.07, 6.45) is 4.02. The molecular formula is C34H38BrN3O4S. The van der Waals surface area contributed by atoms with Crippen LogP contribution in [0.3, 0.4) is 0 Å². The summed E-state index contributed by atoms with van der Waals surface area (Å²) in [6.45, 7) is 9.39. The van der Waals surface area contributed by atoms with Gasteiger partial charge in [0, 0.05) is 44.1 Å². The van der Waals surface area contributed by atoms with Crippen LogP contribution >= 0.6 is 27.3 Å². The molecule has 2 unspecified atom stereocenters. The van der Waals surface area contributed by atoms with Gasteiger partial charge in [0.05, 0.1) is 29.8 Å². The van der Waals surface area contributed by atoms with Crippen molar-refractivity contribution >= 4 is 60.3 Å². The van der Waals surface area contributed by atoms with Gasteiger partial charge in [-0.1, -0.05) is 22.0 Å². The SMILES string of the molecule is COc1cc(C(=O)N2CC3CCC2[C@@H]3NC(=O)OC(C)(C)C)cc2sc(-c3cc4ccc(Br)cc4n3CC3CC3)c(C)c12. The van der Waals surface area contributed by atoms with E-state index in [2.05, 4.69) is 57.0 Å². The summed E-state index contributed by atoms with van der Waals surface area (Å²) in [5.74, 6) is 1.67. The maximum Gasteiger partial charge on any atom is 0.407 e. The molecule has 3 heterocycles. The number of hydrogen-bond acceptors (Lipinski definition) is 5. The second-order valence-electron chi connectivity index (χ2n) is 13.4. The first kappa shape index (κ1) is 28.7. The third kappa shape index (κ3) is 5.22. The molecule has 4 aromatic rings. The predicted molar refractivity (Wildman–Crippen MR) is 175 cm³/mol. The van der Waals surface area contributed by atoms with Crippen LogP contribution < -0.4 is 10.1 Å². The first-order valence-corrected chi connectivity index (χ1v) is 16.8. The minimum absolute atomic E-state index is 0.0105. The number of hydrogen-bond donors (Lipinski definition) is 1. The second-order valence-corrected chi connectivity index (χ2v) is 15.4. The number of amides is 2. The van der Waals surface area contributed by atoms with Gasteiger partial charge in [0.25, 0.3) is 5.91 Å². The molecule has 3 atom stereocenters. The zero-order chi connectivity index (χ0) is 30.2. The molecule has 2 aliphatic carbocycles. The molecule has 9 heteroatoms. The lowest BCUT2D eigenvalue weighted by atomic mass is 10.0. The number of aryl methyl sites for hydroxylation is 1. The standard InChI is InChI=1S/C34H38BrN3O4S/c1-18-29-27(41-5)13-22(32(39)38-17-21-9-11-24(38)30(21)36-33(40)42-34(2,3)4)14-28(29)43-31(18)26-12-20-8-10-23(35)15-25(20)37(26)16-19-6-7-19/h8,10,12-15,19,21,24,30H,6-7,9,11,16-17H2,1-5H3,(H,36,40)/t21?,24?,30-/m1/s1. The fraction of sp³-hybridized carbons (Fsp3) is 0.471. The number of likely N-dealkylation sites (tertiary alicyclic amines) is 1. The highest BCUT2D eigenvalue weighted by Crippen LogP contribution is 2.46. The molecule has 226 valence electrons. The van der Waals surface area contributed by atoms with E-state index in [0.717, 1.165) is 45.6 Å². The van der Waals surface area contributed by atoms with Gasteiger partial charge in [0.1, 0.15) is 11.4 Å². The van der Waals surface area contributed by atoms with Crippen LogP contribution in [0.4, 0.5) is 4.79 Å². The van der Waals surface area contributed by atoms with Crippen LogP contribution in [0.2, 0.25) is 0 Å². The first-order chi connectivity index (χ1) is 20.5. The second kappa shape index (κ2) is 10.5. The number of halogens is 1. The van der Waals surface area contributed by atoms with Crippen molar-refractivity contribution < 1.29 is 19.1 Å². The van der Waals surface area contributed by atoms with Gasteiger partial charge in [-0.3, -0.25) is 4.79 Å². The topological polar surface area (TPSA) is 72.8 Å². The van der Waals surface area contributed by atoms with E-state index in [1.165, 1.54) is 39.9 Å². The molecule has 1 saturated heterocycles. The van der Waals surface area contributed by atoms with Crippen LogP contribution in [0.15, 0.2) is 40.9 Å². The van der Waals surface area contributed by atoms with E-state index in [4.69, 9.17) is 9.47 Å². The van der Waals surface area contributed by atoms with Crippen LogP contribution in [-0.2, 0) is 11.3 Å². The summed E-state index contributed by atoms with van der Waals surface area (Å²) in [5, 5.41) is 5.37. The largest absolute Gasteiger partial charge is 0.496 e. The molecule has 1 aliphatic heterocycles. The molecule has 2 aromatic carbocycles. The van der Waals surface area contributed by atoms with Crippen molar-refractivity contribution in [2.24, 2.45) is 11.8 Å². The molecule has 2 saturated carbocycles. The Bertz CT molecular complexity index is 1760. The maximum absolute atomic E-state index is 14.0. The number of thiophene rings is 1. The lowest BCUT2D eigenvalue weighted by Gasteiger charge is -2.28. The molecule has 7 nitrogen and oxygen atoms in total. The molecule has 3 fully saturated rings. The number of carbonyl (C=O) groups is 2. The minimum atomic E-state index is -0.565. The van der Waals surface area contributed by atoms with Gasteiger partial charge in [-0.2, -0.15) is 0 Å². The Kier molecular flexibility index (Phi) is 7.04. The van der Waals surface area contributed by atoms with Crippen molar-refractivity contribution in [3.8, 4) is 16.3 Å². The lowest BCUT2D eigenvalue weighted by Crippen LogP contribution is -2.46. The maximum atomic E-state index is 14.0. The number of nitrogens with one attached hydrogen (secondary N) is 1. The van der Waals surface area contributed by atoms with E-state index in [1.54, 1.807) is 18.4 Å². The van der Waals surface area contributed by atoms with Crippen molar-refractivity contribution in [2.75, 3.05) is 13.7 Å². The molecule has 2 bridgehead atoms. The summed E-state index contributed by atoms with van der Waals surface area (Å²) in [4.78, 5) is 29.8. The Hall–Kier alpha value is -3.04. The van der Waals surface area contributed by atoms with Crippen LogP contribution in [0, 0.1) is 18.8 Å². The van der Waals surface area contributed by atoms with E-state index in [1.807, 2.05) is 37.8 Å². The number of nitrogens with zero attached hydrogens (tertiary/aromatic N) is 2. The third-order valence-corrected chi connectivity index (χ3v) is 11.0. The van der Waals surface area contributed by atoms with E-state index in [9.17, 15) is 9.59 Å². The van der Waals surface area contributed by atoms with E-state index in [-0.39, 0.29) is 23.9 Å². The molecule has 0 radical (unpaired) electrons. The fourth-order valence-corrected chi connectivity index (χ4v) is 8.74. The molecule has 1 N–H and O–H groups in total. The van der Waals surface area contributed by atoms with Gasteiger partial charge in [-0.25, -0.2) is 4.79 Å². The highest BCUT2D eigenvalue weighted by Gasteiger charge is 2.50. The molecule has 2 amide bonds. The van der Waals surface area contributed by atoms with Crippen molar-refractivity contribution in [1.82, 2.24) is 14.8 Å². The Morgan fingerprint density at radius 2 is 1.88 bits per heavy atom. The monoisotopic (exact) mass is 663 g/mol. The summed E-state index contributed by atoms with van der Waals surface area (Å²) in [5.41, 5.74) is 3.71. The Labute approximate surface area is 264 Å². The lowest BCUT2D eigenvalue weighted by molar-refractivity contribution is 0.0485. The van der Waals surface area contributed by atoms with Crippen molar-refractivity contribution in [1.29, 1.82) is 0 Å². The van der Waals surface area contributed by atoms with Gasteiger partial charge in [-0.15, -0.1) is 11.3 Å². The normalized spacial score (nSPS) is 21.6. The van der Waals surface area contributed by atoms with Crippen LogP contribution in [0.1, 0.15) is 62.4 Å². The average Bonchev–Trinajstić information content (AvgIpc) is 3.31. The van der Waals surface area contributed by atoms with Gasteiger partial charge in [0.15, 0.2) is 0 Å². The number of ether oxygens (including phenoxy) is 2. The van der Waals surface area contributed by atoms with Gasteiger partial charge < -0.3 is 24.3 Å². The number of aromatic nitrogens is 1. The minimum Gasteiger partial charge on any atom is -0.496 e. The predicted octanol–water partition coefficient (Wildman–Crippen LogP) is 8.14. The number of methoxy groups -OCH3 is 1. The number of fused-ring (bicyclic) bond motifs is 4. The van der Waals surface area contributed by atoms with Crippen molar-refractivity contribution in [3.63, 3.8) is 0 Å². The molecule has 0 spiro atoms. The van der Waals surface area contributed by atoms with E-state index >= 15 is 0 Å². The van der Waals surface area contributed by atoms with Crippen molar-refractivity contribution in [2.45, 2.75) is 77.6 Å². The number of alkyl carbamates (subject to hydrolysis) is 1. The van der Waals surface area contributed by atoms with Crippen molar-refractivity contribution in [3.05, 3.63) is 52.0 Å². The molecule has 43 heavy (non-hydrogen) atoms. The van der Waals surface area contributed by atoms with E-state index < -0.39 is 11.7 Å². The smallest absolute Gasteiger partial charge is 0.407 e.